The number of anilines is 1. The molecule has 1 heterocycles. The van der Waals surface area contributed by atoms with E-state index in [1.54, 1.807) is 30.3 Å². The zero-order valence-corrected chi connectivity index (χ0v) is 17.9. The molecular formula is C21H21ClN2O4S. The van der Waals surface area contributed by atoms with Crippen molar-refractivity contribution in [3.63, 3.8) is 0 Å². The van der Waals surface area contributed by atoms with Crippen molar-refractivity contribution in [1.29, 1.82) is 0 Å². The van der Waals surface area contributed by atoms with E-state index in [-0.39, 0.29) is 11.7 Å². The molecule has 0 aliphatic rings. The number of halogens is 1. The van der Waals surface area contributed by atoms with E-state index < -0.39 is 0 Å². The van der Waals surface area contributed by atoms with Crippen molar-refractivity contribution in [2.24, 2.45) is 0 Å². The first-order chi connectivity index (χ1) is 13.9. The molecule has 152 valence electrons. The Labute approximate surface area is 178 Å². The molecule has 0 saturated carbocycles. The van der Waals surface area contributed by atoms with Crippen LogP contribution in [0.5, 0.6) is 17.2 Å². The normalized spacial score (nSPS) is 10.6. The van der Waals surface area contributed by atoms with Crippen LogP contribution in [0.15, 0.2) is 52.1 Å². The number of carbonyl (C=O) groups excluding carboxylic acids is 1. The van der Waals surface area contributed by atoms with Gasteiger partial charge in [-0.25, -0.2) is 4.98 Å². The Balaban J connectivity index is 1.66. The summed E-state index contributed by atoms with van der Waals surface area (Å²) in [4.78, 5) is 16.7. The molecule has 0 spiro atoms. The van der Waals surface area contributed by atoms with Crippen LogP contribution in [0.1, 0.15) is 18.4 Å². The SMILES string of the molecule is CCOc1ccc(Oc2ccc(Cl)cc2NC(=O)CSc2nc(C)c(C)o2)cc1. The van der Waals surface area contributed by atoms with E-state index in [0.717, 1.165) is 17.2 Å². The Morgan fingerprint density at radius 1 is 1.17 bits per heavy atom. The molecule has 0 aliphatic heterocycles. The number of oxazole rings is 1. The number of carbonyl (C=O) groups is 1. The van der Waals surface area contributed by atoms with E-state index in [2.05, 4.69) is 10.3 Å². The van der Waals surface area contributed by atoms with Crippen LogP contribution in [-0.4, -0.2) is 23.3 Å². The van der Waals surface area contributed by atoms with E-state index >= 15 is 0 Å². The van der Waals surface area contributed by atoms with Gasteiger partial charge < -0.3 is 19.2 Å². The number of thioether (sulfide) groups is 1. The molecule has 0 radical (unpaired) electrons. The van der Waals surface area contributed by atoms with Crippen molar-refractivity contribution in [2.45, 2.75) is 26.0 Å². The molecular weight excluding hydrogens is 412 g/mol. The van der Waals surface area contributed by atoms with E-state index in [0.29, 0.717) is 34.0 Å². The summed E-state index contributed by atoms with van der Waals surface area (Å²) in [6.45, 7) is 6.22. The predicted molar refractivity (Wildman–Crippen MR) is 114 cm³/mol. The van der Waals surface area contributed by atoms with Crippen LogP contribution in [0.25, 0.3) is 0 Å². The van der Waals surface area contributed by atoms with Gasteiger partial charge in [0.2, 0.25) is 5.91 Å². The summed E-state index contributed by atoms with van der Waals surface area (Å²) in [6.07, 6.45) is 0. The van der Waals surface area contributed by atoms with Gasteiger partial charge in [0.1, 0.15) is 17.3 Å². The highest BCUT2D eigenvalue weighted by Crippen LogP contribution is 2.33. The number of aryl methyl sites for hydroxylation is 2. The number of benzene rings is 2. The Morgan fingerprint density at radius 3 is 2.55 bits per heavy atom. The lowest BCUT2D eigenvalue weighted by Crippen LogP contribution is -2.14. The Hall–Kier alpha value is -2.64. The Morgan fingerprint density at radius 2 is 1.90 bits per heavy atom. The average Bonchev–Trinajstić information content (AvgIpc) is 3.02. The van der Waals surface area contributed by atoms with Gasteiger partial charge in [0.25, 0.3) is 5.22 Å². The second kappa shape index (κ2) is 9.71. The molecule has 0 bridgehead atoms. The molecule has 2 aromatic carbocycles. The number of aromatic nitrogens is 1. The lowest BCUT2D eigenvalue weighted by Gasteiger charge is -2.13. The van der Waals surface area contributed by atoms with E-state index in [1.807, 2.05) is 32.9 Å². The monoisotopic (exact) mass is 432 g/mol. The minimum absolute atomic E-state index is 0.147. The molecule has 0 unspecified atom stereocenters. The van der Waals surface area contributed by atoms with Crippen LogP contribution in [0.4, 0.5) is 5.69 Å². The first-order valence-electron chi connectivity index (χ1n) is 9.01. The van der Waals surface area contributed by atoms with Crippen LogP contribution < -0.4 is 14.8 Å². The zero-order valence-electron chi connectivity index (χ0n) is 16.3. The molecule has 0 atom stereocenters. The average molecular weight is 433 g/mol. The number of nitrogens with one attached hydrogen (secondary N) is 1. The summed E-state index contributed by atoms with van der Waals surface area (Å²) in [5, 5.41) is 3.79. The van der Waals surface area contributed by atoms with Crippen LogP contribution in [-0.2, 0) is 4.79 Å². The van der Waals surface area contributed by atoms with Crippen LogP contribution >= 0.6 is 23.4 Å². The van der Waals surface area contributed by atoms with E-state index in [9.17, 15) is 4.79 Å². The molecule has 1 N–H and O–H groups in total. The van der Waals surface area contributed by atoms with Crippen molar-refractivity contribution in [1.82, 2.24) is 4.98 Å². The standard InChI is InChI=1S/C21H21ClN2O4S/c1-4-26-16-6-8-17(9-7-16)28-19-10-5-15(22)11-18(19)24-20(25)12-29-21-23-13(2)14(3)27-21/h5-11H,4,12H2,1-3H3,(H,24,25). The van der Waals surface area contributed by atoms with E-state index in [4.69, 9.17) is 25.5 Å². The number of ether oxygens (including phenoxy) is 2. The van der Waals surface area contributed by atoms with Gasteiger partial charge in [0.15, 0.2) is 5.75 Å². The minimum Gasteiger partial charge on any atom is -0.494 e. The fourth-order valence-corrected chi connectivity index (χ4v) is 3.29. The maximum absolute atomic E-state index is 12.4. The molecule has 0 saturated heterocycles. The number of hydrogen-bond donors (Lipinski definition) is 1. The first kappa shape index (κ1) is 21.1. The van der Waals surface area contributed by atoms with Gasteiger partial charge in [-0.05, 0) is 63.2 Å². The molecule has 1 aromatic heterocycles. The summed E-state index contributed by atoms with van der Waals surface area (Å²) < 4.78 is 16.8. The molecule has 0 fully saturated rings. The van der Waals surface area contributed by atoms with Crippen molar-refractivity contribution >= 4 is 35.0 Å². The lowest BCUT2D eigenvalue weighted by molar-refractivity contribution is -0.113. The predicted octanol–water partition coefficient (Wildman–Crippen LogP) is 5.87. The quantitative estimate of drug-likeness (QED) is 0.449. The highest BCUT2D eigenvalue weighted by Gasteiger charge is 2.13. The second-order valence-electron chi connectivity index (χ2n) is 6.11. The van der Waals surface area contributed by atoms with Gasteiger partial charge >= 0.3 is 0 Å². The van der Waals surface area contributed by atoms with Gasteiger partial charge in [0.05, 0.1) is 23.7 Å². The summed E-state index contributed by atoms with van der Waals surface area (Å²) in [5.74, 6) is 2.54. The fraction of sp³-hybridized carbons (Fsp3) is 0.238. The van der Waals surface area contributed by atoms with Crippen molar-refractivity contribution < 1.29 is 18.7 Å². The van der Waals surface area contributed by atoms with Gasteiger partial charge in [-0.2, -0.15) is 0 Å². The van der Waals surface area contributed by atoms with Crippen molar-refractivity contribution in [3.8, 4) is 17.2 Å². The van der Waals surface area contributed by atoms with Gasteiger partial charge in [0, 0.05) is 5.02 Å². The Bertz CT molecular complexity index is 969. The summed E-state index contributed by atoms with van der Waals surface area (Å²) in [5.41, 5.74) is 1.30. The minimum atomic E-state index is -0.220. The maximum Gasteiger partial charge on any atom is 0.256 e. The van der Waals surface area contributed by atoms with Gasteiger partial charge in [-0.15, -0.1) is 0 Å². The third kappa shape index (κ3) is 5.92. The molecule has 6 nitrogen and oxygen atoms in total. The van der Waals surface area contributed by atoms with Gasteiger partial charge in [-0.3, -0.25) is 4.79 Å². The molecule has 3 rings (SSSR count). The molecule has 29 heavy (non-hydrogen) atoms. The first-order valence-corrected chi connectivity index (χ1v) is 10.4. The maximum atomic E-state index is 12.4. The zero-order chi connectivity index (χ0) is 20.8. The number of nitrogens with zero attached hydrogens (tertiary/aromatic N) is 1. The van der Waals surface area contributed by atoms with Crippen LogP contribution in [0, 0.1) is 13.8 Å². The highest BCUT2D eigenvalue weighted by molar-refractivity contribution is 7.99. The number of amides is 1. The van der Waals surface area contributed by atoms with Crippen molar-refractivity contribution in [3.05, 3.63) is 58.9 Å². The Kier molecular flexibility index (Phi) is 7.06. The molecule has 8 heteroatoms. The third-order valence-corrected chi connectivity index (χ3v) is 4.98. The van der Waals surface area contributed by atoms with Crippen LogP contribution in [0.3, 0.4) is 0 Å². The molecule has 0 aliphatic carbocycles. The van der Waals surface area contributed by atoms with Crippen LogP contribution in [0.2, 0.25) is 5.02 Å². The summed E-state index contributed by atoms with van der Waals surface area (Å²) >= 11 is 7.32. The topological polar surface area (TPSA) is 73.6 Å². The summed E-state index contributed by atoms with van der Waals surface area (Å²) in [7, 11) is 0. The largest absolute Gasteiger partial charge is 0.494 e. The molecule has 1 amide bonds. The summed E-state index contributed by atoms with van der Waals surface area (Å²) in [6, 6.07) is 12.3. The second-order valence-corrected chi connectivity index (χ2v) is 7.47. The number of hydrogen-bond acceptors (Lipinski definition) is 6. The molecule has 3 aromatic rings. The number of rotatable bonds is 8. The van der Waals surface area contributed by atoms with Crippen molar-refractivity contribution in [2.75, 3.05) is 17.7 Å². The van der Waals surface area contributed by atoms with Gasteiger partial charge in [-0.1, -0.05) is 23.4 Å². The lowest BCUT2D eigenvalue weighted by atomic mass is 10.2. The third-order valence-electron chi connectivity index (χ3n) is 3.91. The fourth-order valence-electron chi connectivity index (χ4n) is 2.41. The highest BCUT2D eigenvalue weighted by atomic mass is 35.5. The smallest absolute Gasteiger partial charge is 0.256 e. The van der Waals surface area contributed by atoms with E-state index in [1.165, 1.54) is 11.8 Å².